The lowest BCUT2D eigenvalue weighted by molar-refractivity contribution is -0.122. The van der Waals surface area contributed by atoms with E-state index in [1.54, 1.807) is 7.05 Å². The zero-order chi connectivity index (χ0) is 11.7. The molecule has 86 valence electrons. The Morgan fingerprint density at radius 2 is 1.93 bits per heavy atom. The van der Waals surface area contributed by atoms with Crippen LogP contribution in [-0.4, -0.2) is 35.5 Å². The average Bonchev–Trinajstić information content (AvgIpc) is 1.99. The van der Waals surface area contributed by atoms with E-state index in [9.17, 15) is 9.59 Å². The molecule has 1 aliphatic rings. The molecule has 4 nitrogen and oxygen atoms in total. The number of nitrogens with zero attached hydrogens (tertiary/aromatic N) is 1. The van der Waals surface area contributed by atoms with Gasteiger partial charge in [-0.1, -0.05) is 0 Å². The zero-order valence-corrected chi connectivity index (χ0v) is 9.87. The van der Waals surface area contributed by atoms with Gasteiger partial charge in [-0.25, -0.2) is 4.79 Å². The Morgan fingerprint density at radius 3 is 2.20 bits per heavy atom. The second-order valence-corrected chi connectivity index (χ2v) is 5.11. The molecule has 0 radical (unpaired) electrons. The molecule has 0 atom stereocenters. The van der Waals surface area contributed by atoms with Crippen LogP contribution in [0.25, 0.3) is 0 Å². The van der Waals surface area contributed by atoms with Gasteiger partial charge in [0.25, 0.3) is 0 Å². The van der Waals surface area contributed by atoms with Crippen molar-refractivity contribution in [1.29, 1.82) is 0 Å². The Hall–Kier alpha value is -1.06. The van der Waals surface area contributed by atoms with Crippen LogP contribution in [0.2, 0.25) is 0 Å². The molecule has 0 bridgehead atoms. The SMILES string of the molecule is CN(C(=O)OC(C)(C)C)C1(C=O)CCC1. The maximum absolute atomic E-state index is 11.7. The van der Waals surface area contributed by atoms with Crippen molar-refractivity contribution in [3.63, 3.8) is 0 Å². The number of likely N-dealkylation sites (N-methyl/N-ethyl adjacent to an activating group) is 1. The molecule has 15 heavy (non-hydrogen) atoms. The summed E-state index contributed by atoms with van der Waals surface area (Å²) in [4.78, 5) is 24.1. The van der Waals surface area contributed by atoms with Crippen LogP contribution < -0.4 is 0 Å². The first-order valence-electron chi connectivity index (χ1n) is 5.24. The molecule has 4 heteroatoms. The summed E-state index contributed by atoms with van der Waals surface area (Å²) in [5.74, 6) is 0. The molecule has 0 aliphatic heterocycles. The highest BCUT2D eigenvalue weighted by Gasteiger charge is 2.44. The Labute approximate surface area is 90.6 Å². The fourth-order valence-corrected chi connectivity index (χ4v) is 1.58. The first-order chi connectivity index (χ1) is 6.81. The lowest BCUT2D eigenvalue weighted by Gasteiger charge is -2.44. The number of hydrogen-bond acceptors (Lipinski definition) is 3. The van der Waals surface area contributed by atoms with Crippen LogP contribution in [-0.2, 0) is 9.53 Å². The van der Waals surface area contributed by atoms with Gasteiger partial charge in [0, 0.05) is 7.05 Å². The van der Waals surface area contributed by atoms with Gasteiger partial charge in [-0.3, -0.25) is 4.90 Å². The fraction of sp³-hybridized carbons (Fsp3) is 0.818. The molecular weight excluding hydrogens is 194 g/mol. The molecule has 0 heterocycles. The van der Waals surface area contributed by atoms with Crippen molar-refractivity contribution in [1.82, 2.24) is 4.90 Å². The largest absolute Gasteiger partial charge is 0.444 e. The minimum atomic E-state index is -0.609. The summed E-state index contributed by atoms with van der Waals surface area (Å²) < 4.78 is 5.21. The van der Waals surface area contributed by atoms with Crippen LogP contribution in [0.5, 0.6) is 0 Å². The molecular formula is C11H19NO3. The maximum atomic E-state index is 11.7. The van der Waals surface area contributed by atoms with Gasteiger partial charge in [0.2, 0.25) is 0 Å². The van der Waals surface area contributed by atoms with Crippen molar-refractivity contribution in [2.24, 2.45) is 0 Å². The van der Waals surface area contributed by atoms with E-state index in [0.29, 0.717) is 0 Å². The van der Waals surface area contributed by atoms with E-state index in [1.165, 1.54) is 4.90 Å². The summed E-state index contributed by atoms with van der Waals surface area (Å²) in [7, 11) is 1.63. The fourth-order valence-electron chi connectivity index (χ4n) is 1.58. The molecule has 0 spiro atoms. The molecule has 0 unspecified atom stereocenters. The summed E-state index contributed by atoms with van der Waals surface area (Å²) in [5.41, 5.74) is -1.12. The van der Waals surface area contributed by atoms with Gasteiger partial charge in [0.1, 0.15) is 17.4 Å². The highest BCUT2D eigenvalue weighted by Crippen LogP contribution is 2.35. The van der Waals surface area contributed by atoms with Crippen LogP contribution in [0.4, 0.5) is 4.79 Å². The summed E-state index contributed by atoms with van der Waals surface area (Å²) in [6, 6.07) is 0. The number of aldehydes is 1. The Balaban J connectivity index is 2.63. The van der Waals surface area contributed by atoms with Crippen molar-refractivity contribution in [2.75, 3.05) is 7.05 Å². The van der Waals surface area contributed by atoms with E-state index < -0.39 is 17.2 Å². The molecule has 0 aromatic carbocycles. The Morgan fingerprint density at radius 1 is 1.40 bits per heavy atom. The highest BCUT2D eigenvalue weighted by atomic mass is 16.6. The van der Waals surface area contributed by atoms with Gasteiger partial charge in [0.15, 0.2) is 0 Å². The standard InChI is InChI=1S/C11H19NO3/c1-10(2,3)15-9(14)12(4)11(8-13)6-5-7-11/h8H,5-7H2,1-4H3. The van der Waals surface area contributed by atoms with Gasteiger partial charge in [-0.05, 0) is 40.0 Å². The Bertz CT molecular complexity index is 263. The van der Waals surface area contributed by atoms with Crippen LogP contribution >= 0.6 is 0 Å². The Kier molecular flexibility index (Phi) is 3.07. The minimum absolute atomic E-state index is 0.422. The maximum Gasteiger partial charge on any atom is 0.410 e. The first-order valence-corrected chi connectivity index (χ1v) is 5.24. The lowest BCUT2D eigenvalue weighted by atomic mass is 9.77. The van der Waals surface area contributed by atoms with Crippen LogP contribution in [0.1, 0.15) is 40.0 Å². The summed E-state index contributed by atoms with van der Waals surface area (Å²) >= 11 is 0. The summed E-state index contributed by atoms with van der Waals surface area (Å²) in [5, 5.41) is 0. The van der Waals surface area contributed by atoms with Crippen molar-refractivity contribution < 1.29 is 14.3 Å². The number of hydrogen-bond donors (Lipinski definition) is 0. The average molecular weight is 213 g/mol. The topological polar surface area (TPSA) is 46.6 Å². The predicted molar refractivity (Wildman–Crippen MR) is 56.6 cm³/mol. The molecule has 1 aliphatic carbocycles. The zero-order valence-electron chi connectivity index (χ0n) is 9.87. The van der Waals surface area contributed by atoms with Crippen molar-refractivity contribution in [3.05, 3.63) is 0 Å². The quantitative estimate of drug-likeness (QED) is 0.659. The normalized spacial score (nSPS) is 18.9. The number of carbonyl (C=O) groups is 2. The molecule has 1 rings (SSSR count). The second kappa shape index (κ2) is 3.83. The van der Waals surface area contributed by atoms with Gasteiger partial charge < -0.3 is 9.53 Å². The summed E-state index contributed by atoms with van der Waals surface area (Å²) in [6.45, 7) is 5.44. The highest BCUT2D eigenvalue weighted by molar-refractivity contribution is 5.77. The van der Waals surface area contributed by atoms with Crippen molar-refractivity contribution in [2.45, 2.75) is 51.2 Å². The van der Waals surface area contributed by atoms with E-state index in [4.69, 9.17) is 4.74 Å². The third kappa shape index (κ3) is 2.49. The van der Waals surface area contributed by atoms with Crippen LogP contribution in [0, 0.1) is 0 Å². The van der Waals surface area contributed by atoms with Gasteiger partial charge in [-0.15, -0.1) is 0 Å². The number of amides is 1. The molecule has 1 fully saturated rings. The number of rotatable bonds is 2. The minimum Gasteiger partial charge on any atom is -0.444 e. The van der Waals surface area contributed by atoms with E-state index >= 15 is 0 Å². The smallest absolute Gasteiger partial charge is 0.410 e. The van der Waals surface area contributed by atoms with E-state index in [2.05, 4.69) is 0 Å². The van der Waals surface area contributed by atoms with Gasteiger partial charge in [-0.2, -0.15) is 0 Å². The van der Waals surface area contributed by atoms with Crippen molar-refractivity contribution >= 4 is 12.4 Å². The lowest BCUT2D eigenvalue weighted by Crippen LogP contribution is -2.56. The molecule has 1 amide bonds. The first kappa shape index (κ1) is 12.0. The molecule has 0 aromatic heterocycles. The number of ether oxygens (including phenoxy) is 1. The summed E-state index contributed by atoms with van der Waals surface area (Å²) in [6.07, 6.45) is 2.92. The van der Waals surface area contributed by atoms with Crippen LogP contribution in [0.3, 0.4) is 0 Å². The second-order valence-electron chi connectivity index (χ2n) is 5.11. The van der Waals surface area contributed by atoms with Crippen LogP contribution in [0.15, 0.2) is 0 Å². The van der Waals surface area contributed by atoms with E-state index in [0.717, 1.165) is 25.5 Å². The molecule has 0 N–H and O–H groups in total. The monoisotopic (exact) mass is 213 g/mol. The third-order valence-electron chi connectivity index (χ3n) is 2.77. The molecule has 0 aromatic rings. The third-order valence-corrected chi connectivity index (χ3v) is 2.77. The van der Waals surface area contributed by atoms with Crippen molar-refractivity contribution in [3.8, 4) is 0 Å². The molecule has 1 saturated carbocycles. The predicted octanol–water partition coefficient (Wildman–Crippen LogP) is 1.97. The van der Waals surface area contributed by atoms with E-state index in [1.807, 2.05) is 20.8 Å². The number of carbonyl (C=O) groups excluding carboxylic acids is 2. The molecule has 0 saturated heterocycles. The van der Waals surface area contributed by atoms with Gasteiger partial charge >= 0.3 is 6.09 Å². The van der Waals surface area contributed by atoms with Gasteiger partial charge in [0.05, 0.1) is 0 Å². The van der Waals surface area contributed by atoms with E-state index in [-0.39, 0.29) is 0 Å².